The fraction of sp³-hybridized carbons (Fsp3) is 0.222. The van der Waals surface area contributed by atoms with E-state index in [1.807, 2.05) is 32.0 Å². The average molecular weight is 339 g/mol. The van der Waals surface area contributed by atoms with Gasteiger partial charge >= 0.3 is 0 Å². The van der Waals surface area contributed by atoms with Crippen LogP contribution in [-0.4, -0.2) is 33.9 Å². The zero-order chi connectivity index (χ0) is 17.1. The number of hydrogen-bond acceptors (Lipinski definition) is 5. The fourth-order valence-electron chi connectivity index (χ4n) is 2.47. The average Bonchev–Trinajstić information content (AvgIpc) is 2.62. The van der Waals surface area contributed by atoms with Gasteiger partial charge in [0.15, 0.2) is 0 Å². The highest BCUT2D eigenvalue weighted by Crippen LogP contribution is 2.24. The van der Waals surface area contributed by atoms with Crippen LogP contribution < -0.4 is 5.56 Å². The number of pyridine rings is 1. The summed E-state index contributed by atoms with van der Waals surface area (Å²) in [5.74, 6) is -0.116. The van der Waals surface area contributed by atoms with E-state index in [4.69, 9.17) is 0 Å². The molecule has 0 aliphatic rings. The molecular weight excluding hydrogens is 322 g/mol. The number of benzene rings is 1. The Morgan fingerprint density at radius 1 is 1.04 bits per heavy atom. The number of amides is 1. The minimum atomic E-state index is -0.276. The van der Waals surface area contributed by atoms with Crippen LogP contribution in [0, 0.1) is 0 Å². The van der Waals surface area contributed by atoms with Gasteiger partial charge in [-0.3, -0.25) is 9.59 Å². The molecule has 0 fully saturated rings. The van der Waals surface area contributed by atoms with Gasteiger partial charge in [-0.25, -0.2) is 4.98 Å². The number of carbonyl (C=O) groups is 1. The highest BCUT2D eigenvalue weighted by atomic mass is 32.1. The fourth-order valence-corrected chi connectivity index (χ4v) is 3.43. The van der Waals surface area contributed by atoms with Crippen molar-refractivity contribution in [2.24, 2.45) is 0 Å². The van der Waals surface area contributed by atoms with Crippen LogP contribution in [0.15, 0.2) is 47.3 Å². The summed E-state index contributed by atoms with van der Waals surface area (Å²) in [4.78, 5) is 34.9. The Hall–Kier alpha value is -2.60. The molecule has 3 aromatic rings. The van der Waals surface area contributed by atoms with Crippen molar-refractivity contribution in [1.82, 2.24) is 14.9 Å². The molecule has 0 radical (unpaired) electrons. The van der Waals surface area contributed by atoms with E-state index in [0.29, 0.717) is 34.9 Å². The zero-order valence-corrected chi connectivity index (χ0v) is 14.3. The first-order chi connectivity index (χ1) is 11.6. The Bertz CT molecular complexity index is 948. The van der Waals surface area contributed by atoms with Crippen molar-refractivity contribution in [3.8, 4) is 10.7 Å². The molecule has 24 heavy (non-hydrogen) atoms. The predicted molar refractivity (Wildman–Crippen MR) is 96.4 cm³/mol. The van der Waals surface area contributed by atoms with Crippen LogP contribution in [0.3, 0.4) is 0 Å². The Morgan fingerprint density at radius 3 is 2.54 bits per heavy atom. The van der Waals surface area contributed by atoms with E-state index >= 15 is 0 Å². The van der Waals surface area contributed by atoms with Crippen molar-refractivity contribution in [2.75, 3.05) is 13.1 Å². The zero-order valence-electron chi connectivity index (χ0n) is 13.5. The molecule has 0 unspecified atom stereocenters. The SMILES string of the molecule is CCN(CC)C(=O)c1cccc(-c2nc(=O)c3ccccc3s2)n1. The number of nitrogens with zero attached hydrogens (tertiary/aromatic N) is 3. The number of aromatic nitrogens is 2. The molecular formula is C18H17N3O2S. The Labute approximate surface area is 143 Å². The monoisotopic (exact) mass is 339 g/mol. The van der Waals surface area contributed by atoms with Gasteiger partial charge in [-0.1, -0.05) is 18.2 Å². The van der Waals surface area contributed by atoms with Crippen molar-refractivity contribution in [3.63, 3.8) is 0 Å². The number of rotatable bonds is 4. The van der Waals surface area contributed by atoms with E-state index in [1.165, 1.54) is 11.3 Å². The maximum atomic E-state index is 12.5. The molecule has 3 rings (SSSR count). The van der Waals surface area contributed by atoms with Crippen molar-refractivity contribution < 1.29 is 4.79 Å². The Kier molecular flexibility index (Phi) is 4.66. The van der Waals surface area contributed by atoms with E-state index < -0.39 is 0 Å². The first-order valence-electron chi connectivity index (χ1n) is 7.80. The number of hydrogen-bond donors (Lipinski definition) is 0. The quantitative estimate of drug-likeness (QED) is 0.732. The van der Waals surface area contributed by atoms with E-state index in [-0.39, 0.29) is 11.5 Å². The molecule has 0 aliphatic heterocycles. The molecule has 0 atom stereocenters. The van der Waals surface area contributed by atoms with Gasteiger partial charge in [0.25, 0.3) is 11.5 Å². The Balaban J connectivity index is 2.06. The van der Waals surface area contributed by atoms with Gasteiger partial charge in [0.2, 0.25) is 0 Å². The normalized spacial score (nSPS) is 10.8. The second-order valence-electron chi connectivity index (χ2n) is 5.21. The predicted octanol–water partition coefficient (Wildman–Crippen LogP) is 3.20. The molecule has 0 saturated heterocycles. The standard InChI is InChI=1S/C18H17N3O2S/c1-3-21(4-2)18(23)14-10-7-9-13(19-14)17-20-16(22)12-8-5-6-11-15(12)24-17/h5-11H,3-4H2,1-2H3. The van der Waals surface area contributed by atoms with Gasteiger partial charge in [-0.05, 0) is 38.1 Å². The van der Waals surface area contributed by atoms with Gasteiger partial charge in [-0.15, -0.1) is 11.3 Å². The third-order valence-electron chi connectivity index (χ3n) is 3.77. The third-order valence-corrected chi connectivity index (χ3v) is 4.83. The third kappa shape index (κ3) is 3.05. The molecule has 2 heterocycles. The van der Waals surface area contributed by atoms with Crippen molar-refractivity contribution in [2.45, 2.75) is 13.8 Å². The van der Waals surface area contributed by atoms with Crippen LogP contribution in [0.2, 0.25) is 0 Å². The lowest BCUT2D eigenvalue weighted by Crippen LogP contribution is -2.31. The highest BCUT2D eigenvalue weighted by Gasteiger charge is 2.15. The molecule has 0 N–H and O–H groups in total. The van der Waals surface area contributed by atoms with Crippen LogP contribution in [-0.2, 0) is 0 Å². The van der Waals surface area contributed by atoms with Crippen LogP contribution >= 0.6 is 11.3 Å². The van der Waals surface area contributed by atoms with Crippen LogP contribution in [0.25, 0.3) is 20.8 Å². The smallest absolute Gasteiger partial charge is 0.279 e. The van der Waals surface area contributed by atoms with Gasteiger partial charge in [0.05, 0.1) is 11.1 Å². The van der Waals surface area contributed by atoms with Gasteiger partial charge < -0.3 is 4.90 Å². The second-order valence-corrected chi connectivity index (χ2v) is 6.24. The molecule has 122 valence electrons. The summed E-state index contributed by atoms with van der Waals surface area (Å²) >= 11 is 1.40. The second kappa shape index (κ2) is 6.88. The minimum Gasteiger partial charge on any atom is -0.338 e. The van der Waals surface area contributed by atoms with E-state index in [1.54, 1.807) is 29.2 Å². The first-order valence-corrected chi connectivity index (χ1v) is 8.62. The number of carbonyl (C=O) groups excluding carboxylic acids is 1. The summed E-state index contributed by atoms with van der Waals surface area (Å²) in [7, 11) is 0. The van der Waals surface area contributed by atoms with Crippen molar-refractivity contribution in [3.05, 3.63) is 58.5 Å². The van der Waals surface area contributed by atoms with E-state index in [9.17, 15) is 9.59 Å². The molecule has 1 aromatic carbocycles. The summed E-state index contributed by atoms with van der Waals surface area (Å²) in [6.45, 7) is 5.12. The van der Waals surface area contributed by atoms with Crippen molar-refractivity contribution in [1.29, 1.82) is 0 Å². The van der Waals surface area contributed by atoms with Crippen LogP contribution in [0.1, 0.15) is 24.3 Å². The van der Waals surface area contributed by atoms with E-state index in [0.717, 1.165) is 4.70 Å². The highest BCUT2D eigenvalue weighted by molar-refractivity contribution is 7.21. The lowest BCUT2D eigenvalue weighted by Gasteiger charge is -2.18. The van der Waals surface area contributed by atoms with Gasteiger partial charge in [-0.2, -0.15) is 4.98 Å². The number of fused-ring (bicyclic) bond motifs is 1. The summed E-state index contributed by atoms with van der Waals surface area (Å²) in [6.07, 6.45) is 0. The molecule has 0 saturated carbocycles. The summed E-state index contributed by atoms with van der Waals surface area (Å²) < 4.78 is 0.856. The van der Waals surface area contributed by atoms with Gasteiger partial charge in [0.1, 0.15) is 10.7 Å². The summed E-state index contributed by atoms with van der Waals surface area (Å²) in [5.41, 5.74) is 0.633. The first kappa shape index (κ1) is 16.3. The van der Waals surface area contributed by atoms with Gasteiger partial charge in [0, 0.05) is 17.8 Å². The van der Waals surface area contributed by atoms with Crippen molar-refractivity contribution >= 4 is 27.3 Å². The molecule has 1 amide bonds. The maximum absolute atomic E-state index is 12.5. The lowest BCUT2D eigenvalue weighted by molar-refractivity contribution is 0.0767. The molecule has 0 bridgehead atoms. The summed E-state index contributed by atoms with van der Waals surface area (Å²) in [6, 6.07) is 12.6. The van der Waals surface area contributed by atoms with E-state index in [2.05, 4.69) is 9.97 Å². The largest absolute Gasteiger partial charge is 0.338 e. The molecule has 5 nitrogen and oxygen atoms in total. The molecule has 2 aromatic heterocycles. The molecule has 0 aliphatic carbocycles. The molecule has 0 spiro atoms. The van der Waals surface area contributed by atoms with Crippen LogP contribution in [0.4, 0.5) is 0 Å². The summed E-state index contributed by atoms with van der Waals surface area (Å²) in [5, 5.41) is 1.12. The molecule has 6 heteroatoms. The maximum Gasteiger partial charge on any atom is 0.279 e. The minimum absolute atomic E-state index is 0.116. The Morgan fingerprint density at radius 2 is 1.79 bits per heavy atom. The van der Waals surface area contributed by atoms with Crippen LogP contribution in [0.5, 0.6) is 0 Å². The topological polar surface area (TPSA) is 63.2 Å². The lowest BCUT2D eigenvalue weighted by atomic mass is 10.2.